The quantitative estimate of drug-likeness (QED) is 0.156. The molecule has 6 rings (SSSR count). The van der Waals surface area contributed by atoms with Gasteiger partial charge in [0.15, 0.2) is 5.78 Å². The molecule has 2 fully saturated rings. The van der Waals surface area contributed by atoms with Crippen molar-refractivity contribution in [3.05, 3.63) is 70.6 Å². The molecule has 0 bridgehead atoms. The van der Waals surface area contributed by atoms with Crippen molar-refractivity contribution in [3.63, 3.8) is 0 Å². The van der Waals surface area contributed by atoms with Crippen molar-refractivity contribution < 1.29 is 14.4 Å². The van der Waals surface area contributed by atoms with Crippen LogP contribution in [-0.2, 0) is 16.1 Å². The molecule has 5 heterocycles. The summed E-state index contributed by atoms with van der Waals surface area (Å²) in [4.78, 5) is 60.2. The lowest BCUT2D eigenvalue weighted by molar-refractivity contribution is -0.138. The Kier molecular flexibility index (Phi) is 7.87. The number of carbonyl (C=O) groups is 3. The number of likely N-dealkylation sites (tertiary alicyclic amines) is 1. The first kappa shape index (κ1) is 29.7. The van der Waals surface area contributed by atoms with Crippen LogP contribution in [0.15, 0.2) is 47.9 Å². The van der Waals surface area contributed by atoms with Gasteiger partial charge < -0.3 is 10.2 Å². The second-order valence-electron chi connectivity index (χ2n) is 11.7. The molecule has 2 aliphatic rings. The van der Waals surface area contributed by atoms with E-state index >= 15 is 0 Å². The van der Waals surface area contributed by atoms with E-state index in [0.29, 0.717) is 39.3 Å². The average molecular weight is 658 g/mol. The standard InChI is InChI=1S/C32H33BrN8O3/c1-6-24-17(3)11-25(32(44)38-31-16(2)7-10-26(33)37-31)41(24)27(43)15-40-30-22(28(39-40)18(4)42)12-23(36-29(30)20-8-9-20)21-13-34-19(5)35-14-21/h6-7,10,12-14,17,20,24-25H,1,8-9,11,15H2,2-5H3,(H,37,38,44)/t17-,24+,25-/m0/s1. The largest absolute Gasteiger partial charge is 0.322 e. The van der Waals surface area contributed by atoms with E-state index in [9.17, 15) is 14.4 Å². The van der Waals surface area contributed by atoms with E-state index in [4.69, 9.17) is 4.98 Å². The van der Waals surface area contributed by atoms with E-state index in [1.54, 1.807) is 34.1 Å². The highest BCUT2D eigenvalue weighted by atomic mass is 79.9. The molecular weight excluding hydrogens is 624 g/mol. The van der Waals surface area contributed by atoms with Gasteiger partial charge in [-0.3, -0.25) is 24.0 Å². The van der Waals surface area contributed by atoms with Gasteiger partial charge >= 0.3 is 0 Å². The molecule has 3 atom stereocenters. The topological polar surface area (TPSA) is 136 Å². The van der Waals surface area contributed by atoms with Crippen molar-refractivity contribution in [2.45, 2.75) is 71.5 Å². The summed E-state index contributed by atoms with van der Waals surface area (Å²) < 4.78 is 2.18. The average Bonchev–Trinajstić information content (AvgIpc) is 3.69. The molecule has 12 heteroatoms. The van der Waals surface area contributed by atoms with Crippen LogP contribution >= 0.6 is 15.9 Å². The summed E-state index contributed by atoms with van der Waals surface area (Å²) >= 11 is 3.36. The molecule has 1 aliphatic heterocycles. The summed E-state index contributed by atoms with van der Waals surface area (Å²) in [6.07, 6.45) is 7.53. The first-order valence-electron chi connectivity index (χ1n) is 14.6. The molecule has 0 radical (unpaired) electrons. The molecule has 0 unspecified atom stereocenters. The molecule has 44 heavy (non-hydrogen) atoms. The van der Waals surface area contributed by atoms with E-state index in [2.05, 4.69) is 47.9 Å². The number of aryl methyl sites for hydroxylation is 2. The zero-order valence-corrected chi connectivity index (χ0v) is 26.6. The van der Waals surface area contributed by atoms with Crippen LogP contribution in [-0.4, -0.2) is 64.3 Å². The number of anilines is 1. The Bertz CT molecular complexity index is 1810. The van der Waals surface area contributed by atoms with Crippen LogP contribution in [0.25, 0.3) is 22.2 Å². The van der Waals surface area contributed by atoms with Crippen molar-refractivity contribution in [3.8, 4) is 11.3 Å². The van der Waals surface area contributed by atoms with Gasteiger partial charge in [-0.15, -0.1) is 6.58 Å². The minimum atomic E-state index is -0.732. The van der Waals surface area contributed by atoms with Crippen LogP contribution in [0.4, 0.5) is 5.82 Å². The molecule has 1 aliphatic carbocycles. The van der Waals surface area contributed by atoms with Crippen molar-refractivity contribution >= 4 is 50.2 Å². The molecule has 11 nitrogen and oxygen atoms in total. The van der Waals surface area contributed by atoms with Crippen LogP contribution in [0.3, 0.4) is 0 Å². The number of ketones is 1. The fourth-order valence-electron chi connectivity index (χ4n) is 5.97. The van der Waals surface area contributed by atoms with E-state index in [0.717, 1.165) is 29.7 Å². The van der Waals surface area contributed by atoms with E-state index < -0.39 is 6.04 Å². The van der Waals surface area contributed by atoms with Gasteiger partial charge in [-0.05, 0) is 72.7 Å². The van der Waals surface area contributed by atoms with E-state index in [1.807, 2.05) is 32.9 Å². The Labute approximate surface area is 263 Å². The van der Waals surface area contributed by atoms with Gasteiger partial charge in [-0.25, -0.2) is 15.0 Å². The summed E-state index contributed by atoms with van der Waals surface area (Å²) in [6.45, 7) is 11.0. The molecule has 4 aromatic heterocycles. The van der Waals surface area contributed by atoms with Gasteiger partial charge in [0.25, 0.3) is 0 Å². The zero-order chi connectivity index (χ0) is 31.3. The van der Waals surface area contributed by atoms with Crippen molar-refractivity contribution in [2.75, 3.05) is 5.32 Å². The van der Waals surface area contributed by atoms with E-state index in [1.165, 1.54) is 6.92 Å². The minimum Gasteiger partial charge on any atom is -0.322 e. The summed E-state index contributed by atoms with van der Waals surface area (Å²) in [5.74, 6) is 0.463. The molecule has 226 valence electrons. The number of aromatic nitrogens is 6. The molecule has 2 amide bonds. The number of Topliss-reactive ketones (excluding diaryl/α,β-unsaturated/α-hetero) is 1. The molecule has 4 aromatic rings. The first-order chi connectivity index (χ1) is 21.0. The molecular formula is C32H33BrN8O3. The number of halogens is 1. The highest BCUT2D eigenvalue weighted by Gasteiger charge is 2.44. The third kappa shape index (κ3) is 5.54. The number of rotatable bonds is 8. The Morgan fingerprint density at radius 2 is 1.86 bits per heavy atom. The minimum absolute atomic E-state index is 0.00823. The lowest BCUT2D eigenvalue weighted by atomic mass is 10.0. The summed E-state index contributed by atoms with van der Waals surface area (Å²) in [5, 5.41) is 8.21. The van der Waals surface area contributed by atoms with E-state index in [-0.39, 0.29) is 47.7 Å². The smallest absolute Gasteiger partial charge is 0.248 e. The van der Waals surface area contributed by atoms with Gasteiger partial charge in [0.2, 0.25) is 11.8 Å². The first-order valence-corrected chi connectivity index (χ1v) is 15.4. The van der Waals surface area contributed by atoms with Gasteiger partial charge in [-0.2, -0.15) is 5.10 Å². The molecule has 1 saturated carbocycles. The predicted molar refractivity (Wildman–Crippen MR) is 169 cm³/mol. The third-order valence-electron chi connectivity index (χ3n) is 8.38. The Balaban J connectivity index is 1.38. The fourth-order valence-corrected chi connectivity index (χ4v) is 6.28. The number of fused-ring (bicyclic) bond motifs is 1. The highest BCUT2D eigenvalue weighted by Crippen LogP contribution is 2.44. The van der Waals surface area contributed by atoms with Gasteiger partial charge in [0.05, 0.1) is 22.9 Å². The number of nitrogens with one attached hydrogen (secondary N) is 1. The number of nitrogens with zero attached hydrogens (tertiary/aromatic N) is 7. The lowest BCUT2D eigenvalue weighted by Crippen LogP contribution is -2.48. The van der Waals surface area contributed by atoms with Crippen molar-refractivity contribution in [1.82, 2.24) is 34.6 Å². The maximum Gasteiger partial charge on any atom is 0.248 e. The monoisotopic (exact) mass is 656 g/mol. The third-order valence-corrected chi connectivity index (χ3v) is 8.83. The molecule has 1 N–H and O–H groups in total. The van der Waals surface area contributed by atoms with Gasteiger partial charge in [-0.1, -0.05) is 19.1 Å². The number of carbonyl (C=O) groups excluding carboxylic acids is 3. The predicted octanol–water partition coefficient (Wildman–Crippen LogP) is 5.17. The summed E-state index contributed by atoms with van der Waals surface area (Å²) in [5.41, 5.74) is 3.93. The summed E-state index contributed by atoms with van der Waals surface area (Å²) in [7, 11) is 0. The fraction of sp³-hybridized carbons (Fsp3) is 0.375. The Hall–Kier alpha value is -4.32. The summed E-state index contributed by atoms with van der Waals surface area (Å²) in [6, 6.07) is 4.41. The number of pyridine rings is 2. The van der Waals surface area contributed by atoms with Crippen LogP contribution in [0, 0.1) is 19.8 Å². The number of hydrogen-bond donors (Lipinski definition) is 1. The van der Waals surface area contributed by atoms with Crippen molar-refractivity contribution in [1.29, 1.82) is 0 Å². The second-order valence-corrected chi connectivity index (χ2v) is 12.5. The molecule has 1 saturated heterocycles. The highest BCUT2D eigenvalue weighted by molar-refractivity contribution is 9.10. The Morgan fingerprint density at radius 1 is 1.14 bits per heavy atom. The molecule has 0 spiro atoms. The van der Waals surface area contributed by atoms with Crippen LogP contribution < -0.4 is 5.32 Å². The van der Waals surface area contributed by atoms with Gasteiger partial charge in [0.1, 0.15) is 34.5 Å². The SMILES string of the molecule is C=C[C@@H]1[C@@H](C)C[C@@H](C(=O)Nc2nc(Br)ccc2C)N1C(=O)Cn1nc(C(C)=O)c2cc(-c3cnc(C)nc3)nc(C3CC3)c21. The van der Waals surface area contributed by atoms with Crippen LogP contribution in [0.1, 0.15) is 66.6 Å². The zero-order valence-electron chi connectivity index (χ0n) is 25.0. The van der Waals surface area contributed by atoms with Crippen molar-refractivity contribution in [2.24, 2.45) is 5.92 Å². The van der Waals surface area contributed by atoms with Gasteiger partial charge in [0, 0.05) is 36.2 Å². The second kappa shape index (κ2) is 11.6. The maximum absolute atomic E-state index is 14.2. The normalized spacial score (nSPS) is 19.8. The number of hydrogen-bond acceptors (Lipinski definition) is 8. The van der Waals surface area contributed by atoms with Crippen LogP contribution in [0.5, 0.6) is 0 Å². The van der Waals surface area contributed by atoms with Crippen LogP contribution in [0.2, 0.25) is 0 Å². The Morgan fingerprint density at radius 3 is 2.52 bits per heavy atom. The lowest BCUT2D eigenvalue weighted by Gasteiger charge is -2.29. The maximum atomic E-state index is 14.2. The number of amides is 2. The molecule has 0 aromatic carbocycles.